The van der Waals surface area contributed by atoms with Gasteiger partial charge in [-0.2, -0.15) is 0 Å². The van der Waals surface area contributed by atoms with Crippen molar-refractivity contribution in [2.75, 3.05) is 13.2 Å². The number of ether oxygens (including phenoxy) is 2. The number of carbonyl (C=O) groups is 2. The summed E-state index contributed by atoms with van der Waals surface area (Å²) in [6.07, 6.45) is 1.85. The summed E-state index contributed by atoms with van der Waals surface area (Å²) in [6.45, 7) is 5.85. The zero-order valence-electron chi connectivity index (χ0n) is 8.04. The van der Waals surface area contributed by atoms with E-state index in [-0.39, 0.29) is 25.4 Å². The molecule has 76 valence electrons. The maximum Gasteiger partial charge on any atom is 0.347 e. The van der Waals surface area contributed by atoms with Crippen LogP contribution in [-0.4, -0.2) is 30.6 Å². The molecule has 0 N–H and O–H groups in total. The number of Topliss-reactive ketones (excluding diaryl/α,β-unsaturated/α-hetero) is 1. The Kier molecular flexibility index (Phi) is 1.79. The van der Waals surface area contributed by atoms with Gasteiger partial charge in [-0.25, -0.2) is 4.79 Å². The molecule has 0 aromatic rings. The van der Waals surface area contributed by atoms with Crippen molar-refractivity contribution < 1.29 is 19.1 Å². The highest BCUT2D eigenvalue weighted by molar-refractivity contribution is 6.11. The van der Waals surface area contributed by atoms with Crippen LogP contribution >= 0.6 is 0 Å². The van der Waals surface area contributed by atoms with Crippen LogP contribution in [0.4, 0.5) is 0 Å². The number of hydrogen-bond acceptors (Lipinski definition) is 4. The van der Waals surface area contributed by atoms with Gasteiger partial charge < -0.3 is 9.47 Å². The first-order valence-corrected chi connectivity index (χ1v) is 4.55. The Morgan fingerprint density at radius 3 is 2.71 bits per heavy atom. The number of cyclic esters (lactones) is 1. The molecular weight excluding hydrogens is 184 g/mol. The van der Waals surface area contributed by atoms with E-state index in [0.717, 1.165) is 0 Å². The third-order valence-corrected chi connectivity index (χ3v) is 3.09. The van der Waals surface area contributed by atoms with Gasteiger partial charge in [-0.15, -0.1) is 6.58 Å². The van der Waals surface area contributed by atoms with E-state index in [4.69, 9.17) is 9.47 Å². The largest absolute Gasteiger partial charge is 0.462 e. The van der Waals surface area contributed by atoms with Crippen LogP contribution < -0.4 is 0 Å². The van der Waals surface area contributed by atoms with E-state index >= 15 is 0 Å². The molecule has 4 nitrogen and oxygen atoms in total. The predicted octanol–water partition coefficient (Wildman–Crippen LogP) is 0.464. The van der Waals surface area contributed by atoms with Crippen LogP contribution in [0.2, 0.25) is 0 Å². The zero-order chi connectivity index (χ0) is 10.4. The Hall–Kier alpha value is -1.16. The molecule has 2 saturated heterocycles. The topological polar surface area (TPSA) is 52.6 Å². The van der Waals surface area contributed by atoms with Gasteiger partial charge in [0.25, 0.3) is 0 Å². The summed E-state index contributed by atoms with van der Waals surface area (Å²) in [4.78, 5) is 23.3. The molecule has 0 radical (unpaired) electrons. The standard InChI is InChI=1S/C10H12O4/c1-3-9(2)6-13-8(12)10(9)7(11)4-5-14-10/h3H,1,4-6H2,2H3/t9-,10-/m0/s1. The van der Waals surface area contributed by atoms with Gasteiger partial charge in [0.05, 0.1) is 12.0 Å². The van der Waals surface area contributed by atoms with Gasteiger partial charge >= 0.3 is 5.97 Å². The molecule has 2 fully saturated rings. The van der Waals surface area contributed by atoms with Crippen LogP contribution in [0.3, 0.4) is 0 Å². The fraction of sp³-hybridized carbons (Fsp3) is 0.600. The lowest BCUT2D eigenvalue weighted by Crippen LogP contribution is -2.52. The molecule has 2 rings (SSSR count). The van der Waals surface area contributed by atoms with E-state index in [1.807, 2.05) is 0 Å². The molecule has 2 aliphatic rings. The third kappa shape index (κ3) is 0.817. The molecule has 14 heavy (non-hydrogen) atoms. The van der Waals surface area contributed by atoms with E-state index in [9.17, 15) is 9.59 Å². The summed E-state index contributed by atoms with van der Waals surface area (Å²) >= 11 is 0. The number of hydrogen-bond donors (Lipinski definition) is 0. The van der Waals surface area contributed by atoms with Crippen molar-refractivity contribution in [3.05, 3.63) is 12.7 Å². The van der Waals surface area contributed by atoms with Crippen LogP contribution in [0.25, 0.3) is 0 Å². The van der Waals surface area contributed by atoms with E-state index in [1.165, 1.54) is 0 Å². The average molecular weight is 196 g/mol. The molecule has 0 amide bonds. The number of rotatable bonds is 1. The first kappa shape index (κ1) is 9.40. The van der Waals surface area contributed by atoms with Gasteiger partial charge in [-0.1, -0.05) is 6.08 Å². The minimum atomic E-state index is -1.41. The maximum absolute atomic E-state index is 11.7. The summed E-state index contributed by atoms with van der Waals surface area (Å²) in [6, 6.07) is 0. The van der Waals surface area contributed by atoms with Gasteiger partial charge in [0.15, 0.2) is 5.78 Å². The van der Waals surface area contributed by atoms with Crippen LogP contribution in [0.15, 0.2) is 12.7 Å². The lowest BCUT2D eigenvalue weighted by atomic mass is 9.73. The molecule has 0 saturated carbocycles. The Labute approximate surface area is 81.9 Å². The monoisotopic (exact) mass is 196 g/mol. The first-order valence-electron chi connectivity index (χ1n) is 4.55. The van der Waals surface area contributed by atoms with Gasteiger partial charge in [0.1, 0.15) is 6.61 Å². The molecule has 2 heterocycles. The van der Waals surface area contributed by atoms with Crippen molar-refractivity contribution in [2.45, 2.75) is 18.9 Å². The minimum Gasteiger partial charge on any atom is -0.462 e. The van der Waals surface area contributed by atoms with Crippen molar-refractivity contribution in [1.29, 1.82) is 0 Å². The van der Waals surface area contributed by atoms with Gasteiger partial charge in [-0.05, 0) is 6.92 Å². The Morgan fingerprint density at radius 2 is 2.21 bits per heavy atom. The van der Waals surface area contributed by atoms with Crippen LogP contribution in [0.1, 0.15) is 13.3 Å². The predicted molar refractivity (Wildman–Crippen MR) is 47.6 cm³/mol. The second-order valence-corrected chi connectivity index (χ2v) is 3.90. The van der Waals surface area contributed by atoms with Gasteiger partial charge in [0, 0.05) is 6.42 Å². The quantitative estimate of drug-likeness (QED) is 0.347. The van der Waals surface area contributed by atoms with Crippen molar-refractivity contribution in [2.24, 2.45) is 5.41 Å². The molecule has 2 aliphatic heterocycles. The van der Waals surface area contributed by atoms with E-state index in [1.54, 1.807) is 13.0 Å². The lowest BCUT2D eigenvalue weighted by Gasteiger charge is -2.30. The van der Waals surface area contributed by atoms with Crippen molar-refractivity contribution in [1.82, 2.24) is 0 Å². The highest BCUT2D eigenvalue weighted by Crippen LogP contribution is 2.46. The first-order chi connectivity index (χ1) is 6.57. The molecule has 4 heteroatoms. The summed E-state index contributed by atoms with van der Waals surface area (Å²) in [7, 11) is 0. The van der Waals surface area contributed by atoms with E-state index in [2.05, 4.69) is 6.58 Å². The third-order valence-electron chi connectivity index (χ3n) is 3.09. The molecule has 0 aromatic carbocycles. The van der Waals surface area contributed by atoms with Gasteiger partial charge in [-0.3, -0.25) is 4.79 Å². The van der Waals surface area contributed by atoms with Crippen LogP contribution in [0, 0.1) is 5.41 Å². The molecule has 0 bridgehead atoms. The Bertz CT molecular complexity index is 312. The lowest BCUT2D eigenvalue weighted by molar-refractivity contribution is -0.161. The summed E-state index contributed by atoms with van der Waals surface area (Å²) < 4.78 is 10.2. The van der Waals surface area contributed by atoms with Crippen molar-refractivity contribution in [3.8, 4) is 0 Å². The molecule has 1 spiro atoms. The summed E-state index contributed by atoms with van der Waals surface area (Å²) in [5, 5.41) is 0. The van der Waals surface area contributed by atoms with Gasteiger partial charge in [0.2, 0.25) is 5.60 Å². The number of ketones is 1. The highest BCUT2D eigenvalue weighted by atomic mass is 16.6. The van der Waals surface area contributed by atoms with E-state index in [0.29, 0.717) is 0 Å². The normalized spacial score (nSPS) is 41.8. The SMILES string of the molecule is C=C[C@@]1(C)COC(=O)[C@]12OCCC2=O. The molecule has 0 aromatic heterocycles. The second kappa shape index (κ2) is 2.67. The Balaban J connectivity index is 2.53. The number of esters is 1. The summed E-state index contributed by atoms with van der Waals surface area (Å²) in [5.74, 6) is -0.759. The molecule has 2 atom stereocenters. The fourth-order valence-corrected chi connectivity index (χ4v) is 2.06. The van der Waals surface area contributed by atoms with Crippen LogP contribution in [0.5, 0.6) is 0 Å². The number of carbonyl (C=O) groups excluding carboxylic acids is 2. The van der Waals surface area contributed by atoms with Crippen molar-refractivity contribution >= 4 is 11.8 Å². The fourth-order valence-electron chi connectivity index (χ4n) is 2.06. The maximum atomic E-state index is 11.7. The molecule has 0 unspecified atom stereocenters. The smallest absolute Gasteiger partial charge is 0.347 e. The second-order valence-electron chi connectivity index (χ2n) is 3.90. The zero-order valence-corrected chi connectivity index (χ0v) is 8.04. The van der Waals surface area contributed by atoms with E-state index < -0.39 is 17.0 Å². The van der Waals surface area contributed by atoms with Crippen LogP contribution in [-0.2, 0) is 19.1 Å². The Morgan fingerprint density at radius 1 is 1.50 bits per heavy atom. The average Bonchev–Trinajstić information content (AvgIpc) is 2.67. The highest BCUT2D eigenvalue weighted by Gasteiger charge is 2.66. The summed E-state index contributed by atoms with van der Waals surface area (Å²) in [5.41, 5.74) is -2.13. The molecular formula is C10H12O4. The molecule has 0 aliphatic carbocycles. The minimum absolute atomic E-state index is 0.168. The van der Waals surface area contributed by atoms with Crippen molar-refractivity contribution in [3.63, 3.8) is 0 Å².